The van der Waals surface area contributed by atoms with Crippen LogP contribution in [0.2, 0.25) is 0 Å². The van der Waals surface area contributed by atoms with Crippen LogP contribution in [0.3, 0.4) is 0 Å². The van der Waals surface area contributed by atoms with E-state index in [-0.39, 0.29) is 10.2 Å². The van der Waals surface area contributed by atoms with Crippen molar-refractivity contribution in [2.75, 3.05) is 0 Å². The predicted molar refractivity (Wildman–Crippen MR) is 49.0 cm³/mol. The minimum atomic E-state index is -6.00. The summed E-state index contributed by atoms with van der Waals surface area (Å²) in [7, 11) is -6.00. The highest BCUT2D eigenvalue weighted by molar-refractivity contribution is 9.10. The van der Waals surface area contributed by atoms with E-state index in [9.17, 15) is 26.0 Å². The van der Waals surface area contributed by atoms with Gasteiger partial charge < -0.3 is 17.3 Å². The molecule has 16 heavy (non-hydrogen) atoms. The third kappa shape index (κ3) is 6.29. The second-order valence-electron chi connectivity index (χ2n) is 2.31. The number of nitrogens with zero attached hydrogens (tertiary/aromatic N) is 2. The molecule has 0 aliphatic rings. The SMILES string of the molecule is F[B-](F)(F)F.N#[N+]c1c(F)cc(F)cc1Br. The molecule has 1 aromatic rings. The second-order valence-corrected chi connectivity index (χ2v) is 3.17. The average molecular weight is 307 g/mol. The first kappa shape index (κ1) is 14.8. The van der Waals surface area contributed by atoms with Gasteiger partial charge in [-0.25, -0.2) is 4.39 Å². The summed E-state index contributed by atoms with van der Waals surface area (Å²) in [5, 5.41) is 8.22. The molecule has 0 unspecified atom stereocenters. The maximum Gasteiger partial charge on any atom is 0.673 e. The third-order valence-corrected chi connectivity index (χ3v) is 1.69. The van der Waals surface area contributed by atoms with E-state index in [4.69, 9.17) is 5.39 Å². The summed E-state index contributed by atoms with van der Waals surface area (Å²) in [5.41, 5.74) is -0.300. The zero-order valence-corrected chi connectivity index (χ0v) is 8.86. The number of hydrogen-bond donors (Lipinski definition) is 0. The molecule has 0 fully saturated rings. The summed E-state index contributed by atoms with van der Waals surface area (Å²) in [4.78, 5) is 2.62. The number of diazo groups is 1. The third-order valence-electron chi connectivity index (χ3n) is 1.08. The van der Waals surface area contributed by atoms with Crippen LogP contribution in [0.25, 0.3) is 4.98 Å². The Balaban J connectivity index is 0.000000385. The summed E-state index contributed by atoms with van der Waals surface area (Å²) >= 11 is 2.82. The van der Waals surface area contributed by atoms with Crippen LogP contribution in [0.4, 0.5) is 31.7 Å². The smallest absolute Gasteiger partial charge is 0.418 e. The molecule has 0 saturated heterocycles. The highest BCUT2D eigenvalue weighted by Crippen LogP contribution is 2.29. The fourth-order valence-corrected chi connectivity index (χ4v) is 1.12. The molecule has 10 heteroatoms. The normalized spacial score (nSPS) is 10.1. The summed E-state index contributed by atoms with van der Waals surface area (Å²) in [6.45, 7) is 0. The van der Waals surface area contributed by atoms with E-state index in [1.165, 1.54) is 0 Å². The molecule has 2 nitrogen and oxygen atoms in total. The molecule has 0 bridgehead atoms. The van der Waals surface area contributed by atoms with Gasteiger partial charge in [0.25, 0.3) is 0 Å². The Morgan fingerprint density at radius 3 is 1.88 bits per heavy atom. The predicted octanol–water partition coefficient (Wildman–Crippen LogP) is 4.51. The van der Waals surface area contributed by atoms with Gasteiger partial charge >= 0.3 is 12.9 Å². The number of hydrogen-bond acceptors (Lipinski definition) is 1. The maximum atomic E-state index is 12.6. The van der Waals surface area contributed by atoms with Crippen LogP contribution in [0.15, 0.2) is 16.6 Å². The first-order valence-electron chi connectivity index (χ1n) is 3.52. The summed E-state index contributed by atoms with van der Waals surface area (Å²) in [5.74, 6) is -1.62. The molecule has 1 aromatic carbocycles. The minimum absolute atomic E-state index is 0.0810. The van der Waals surface area contributed by atoms with E-state index in [1.54, 1.807) is 0 Å². The number of halogens is 7. The van der Waals surface area contributed by atoms with Crippen molar-refractivity contribution in [1.82, 2.24) is 0 Å². The topological polar surface area (TPSA) is 28.1 Å². The van der Waals surface area contributed by atoms with E-state index in [2.05, 4.69) is 20.9 Å². The standard InChI is InChI=1S/C6H2BrF2N2.BF4/c7-4-1-3(8)2-5(9)6(4)11-10;2-1(3,4)5/h1-2H;/q+1;-1. The molecule has 0 N–H and O–H groups in total. The molecule has 0 amide bonds. The molecule has 0 aliphatic carbocycles. The van der Waals surface area contributed by atoms with Crippen molar-refractivity contribution < 1.29 is 26.0 Å². The van der Waals surface area contributed by atoms with E-state index in [0.717, 1.165) is 6.07 Å². The molecule has 0 spiro atoms. The van der Waals surface area contributed by atoms with Crippen LogP contribution in [-0.4, -0.2) is 7.25 Å². The summed E-state index contributed by atoms with van der Waals surface area (Å²) in [6.07, 6.45) is 0. The molecule has 0 aromatic heterocycles. The lowest BCUT2D eigenvalue weighted by atomic mass is 10.3. The van der Waals surface area contributed by atoms with E-state index >= 15 is 0 Å². The second kappa shape index (κ2) is 5.74. The fraction of sp³-hybridized carbons (Fsp3) is 0. The van der Waals surface area contributed by atoms with E-state index < -0.39 is 18.9 Å². The largest absolute Gasteiger partial charge is 0.673 e. The van der Waals surface area contributed by atoms with Crippen LogP contribution in [-0.2, 0) is 0 Å². The Hall–Kier alpha value is -1.24. The Bertz CT molecular complexity index is 385. The monoisotopic (exact) mass is 306 g/mol. The quantitative estimate of drug-likeness (QED) is 0.394. The highest BCUT2D eigenvalue weighted by atomic mass is 79.9. The van der Waals surface area contributed by atoms with E-state index in [0.29, 0.717) is 6.07 Å². The molecular weight excluding hydrogens is 305 g/mol. The molecule has 0 radical (unpaired) electrons. The zero-order chi connectivity index (χ0) is 12.9. The zero-order valence-electron chi connectivity index (χ0n) is 7.27. The van der Waals surface area contributed by atoms with Gasteiger partial charge in [0.1, 0.15) is 10.3 Å². The molecule has 0 saturated carbocycles. The molecule has 1 rings (SSSR count). The van der Waals surface area contributed by atoms with Crippen molar-refractivity contribution in [2.45, 2.75) is 0 Å². The van der Waals surface area contributed by atoms with Crippen LogP contribution < -0.4 is 0 Å². The van der Waals surface area contributed by atoms with Crippen LogP contribution >= 0.6 is 15.9 Å². The Labute approximate surface area is 94.1 Å². The van der Waals surface area contributed by atoms with E-state index in [1.807, 2.05) is 0 Å². The van der Waals surface area contributed by atoms with Gasteiger partial charge in [0.15, 0.2) is 4.98 Å². The van der Waals surface area contributed by atoms with Crippen molar-refractivity contribution in [3.63, 3.8) is 0 Å². The molecule has 0 aliphatic heterocycles. The molecular formula is C6H2BBrF6N2. The fourth-order valence-electron chi connectivity index (χ4n) is 0.630. The summed E-state index contributed by atoms with van der Waals surface area (Å²) < 4.78 is 64.0. The van der Waals surface area contributed by atoms with Gasteiger partial charge in [-0.2, -0.15) is 4.39 Å². The lowest BCUT2D eigenvalue weighted by molar-refractivity contribution is 0.368. The lowest BCUT2D eigenvalue weighted by Crippen LogP contribution is -2.02. The van der Waals surface area contributed by atoms with Gasteiger partial charge in [-0.3, -0.25) is 0 Å². The average Bonchev–Trinajstić information content (AvgIpc) is 1.99. The van der Waals surface area contributed by atoms with Crippen molar-refractivity contribution in [2.24, 2.45) is 0 Å². The molecule has 0 heterocycles. The van der Waals surface area contributed by atoms with Crippen LogP contribution in [0.5, 0.6) is 0 Å². The van der Waals surface area contributed by atoms with Crippen LogP contribution in [0, 0.1) is 17.0 Å². The van der Waals surface area contributed by atoms with Crippen molar-refractivity contribution >= 4 is 28.9 Å². The van der Waals surface area contributed by atoms with Gasteiger partial charge in [-0.15, -0.1) is 0 Å². The van der Waals surface area contributed by atoms with Crippen LogP contribution in [0.1, 0.15) is 0 Å². The maximum absolute atomic E-state index is 12.6. The number of benzene rings is 1. The van der Waals surface area contributed by atoms with Crippen molar-refractivity contribution in [3.8, 4) is 0 Å². The van der Waals surface area contributed by atoms with Crippen molar-refractivity contribution in [3.05, 3.63) is 33.2 Å². The molecule has 0 atom stereocenters. The molecule has 88 valence electrons. The van der Waals surface area contributed by atoms with Gasteiger partial charge in [0.05, 0.1) is 0 Å². The van der Waals surface area contributed by atoms with Gasteiger partial charge in [0.2, 0.25) is 11.2 Å². The van der Waals surface area contributed by atoms with Crippen molar-refractivity contribution in [1.29, 1.82) is 5.39 Å². The van der Waals surface area contributed by atoms with Gasteiger partial charge in [0, 0.05) is 6.07 Å². The summed E-state index contributed by atoms with van der Waals surface area (Å²) in [6, 6.07) is 1.65. The number of rotatable bonds is 0. The Morgan fingerprint density at radius 2 is 1.56 bits per heavy atom. The Kier molecular flexibility index (Phi) is 5.30. The van der Waals surface area contributed by atoms with Gasteiger partial charge in [-0.05, 0) is 22.0 Å². The first-order valence-corrected chi connectivity index (χ1v) is 4.31. The minimum Gasteiger partial charge on any atom is -0.418 e. The first-order chi connectivity index (χ1) is 7.15. The Morgan fingerprint density at radius 1 is 1.12 bits per heavy atom. The lowest BCUT2D eigenvalue weighted by Gasteiger charge is -1.94. The van der Waals surface area contributed by atoms with Gasteiger partial charge in [-0.1, -0.05) is 0 Å². The highest BCUT2D eigenvalue weighted by Gasteiger charge is 2.21.